The fourth-order valence-corrected chi connectivity index (χ4v) is 3.50. The van der Waals surface area contributed by atoms with E-state index in [-0.39, 0.29) is 5.91 Å². The van der Waals surface area contributed by atoms with Gasteiger partial charge in [0.05, 0.1) is 4.88 Å². The standard InChI is InChI=1S/C17H22N4OS/c1-12(2)16-18-7-6-15(19-16)20-8-10-21(11-9-20)17(22)14-5-4-13(3)23-14/h4-7,12H,8-11H2,1-3H3. The van der Waals surface area contributed by atoms with Crippen molar-refractivity contribution in [2.75, 3.05) is 31.1 Å². The highest BCUT2D eigenvalue weighted by molar-refractivity contribution is 7.13. The minimum absolute atomic E-state index is 0.147. The molecule has 1 fully saturated rings. The lowest BCUT2D eigenvalue weighted by molar-refractivity contribution is 0.0751. The van der Waals surface area contributed by atoms with Gasteiger partial charge in [0, 0.05) is 43.2 Å². The Kier molecular flexibility index (Phi) is 4.61. The molecule has 0 aromatic carbocycles. The smallest absolute Gasteiger partial charge is 0.264 e. The van der Waals surface area contributed by atoms with Gasteiger partial charge in [0.1, 0.15) is 11.6 Å². The molecule has 5 nitrogen and oxygen atoms in total. The Morgan fingerprint density at radius 1 is 1.17 bits per heavy atom. The van der Waals surface area contributed by atoms with Crippen molar-refractivity contribution in [3.63, 3.8) is 0 Å². The van der Waals surface area contributed by atoms with Gasteiger partial charge in [-0.25, -0.2) is 9.97 Å². The molecule has 0 N–H and O–H groups in total. The average molecular weight is 330 g/mol. The van der Waals surface area contributed by atoms with Crippen molar-refractivity contribution in [3.05, 3.63) is 40.0 Å². The van der Waals surface area contributed by atoms with E-state index in [1.54, 1.807) is 11.3 Å². The van der Waals surface area contributed by atoms with Gasteiger partial charge in [0.25, 0.3) is 5.91 Å². The Labute approximate surface area is 141 Å². The maximum Gasteiger partial charge on any atom is 0.264 e. The molecule has 122 valence electrons. The fraction of sp³-hybridized carbons (Fsp3) is 0.471. The molecule has 0 bridgehead atoms. The van der Waals surface area contributed by atoms with Gasteiger partial charge in [-0.3, -0.25) is 4.79 Å². The SMILES string of the molecule is Cc1ccc(C(=O)N2CCN(c3ccnc(C(C)C)n3)CC2)s1. The number of rotatable bonds is 3. The van der Waals surface area contributed by atoms with E-state index < -0.39 is 0 Å². The average Bonchev–Trinajstić information content (AvgIpc) is 3.01. The van der Waals surface area contributed by atoms with Crippen LogP contribution in [0.25, 0.3) is 0 Å². The number of piperazine rings is 1. The second-order valence-corrected chi connectivity index (χ2v) is 7.41. The Morgan fingerprint density at radius 2 is 1.91 bits per heavy atom. The van der Waals surface area contributed by atoms with Gasteiger partial charge in [-0.15, -0.1) is 11.3 Å². The van der Waals surface area contributed by atoms with E-state index >= 15 is 0 Å². The molecule has 2 aromatic heterocycles. The summed E-state index contributed by atoms with van der Waals surface area (Å²) >= 11 is 1.57. The molecule has 2 aromatic rings. The number of carbonyl (C=O) groups is 1. The van der Waals surface area contributed by atoms with Gasteiger partial charge in [-0.2, -0.15) is 0 Å². The van der Waals surface area contributed by atoms with Crippen LogP contribution in [0.4, 0.5) is 5.82 Å². The molecule has 3 heterocycles. The molecule has 0 radical (unpaired) electrons. The number of anilines is 1. The van der Waals surface area contributed by atoms with Crippen LogP contribution in [0.3, 0.4) is 0 Å². The lowest BCUT2D eigenvalue weighted by Gasteiger charge is -2.35. The maximum atomic E-state index is 12.5. The summed E-state index contributed by atoms with van der Waals surface area (Å²) in [6.45, 7) is 9.31. The molecule has 1 aliphatic rings. The number of thiophene rings is 1. The third kappa shape index (κ3) is 3.52. The lowest BCUT2D eigenvalue weighted by atomic mass is 10.2. The van der Waals surface area contributed by atoms with Crippen molar-refractivity contribution in [1.82, 2.24) is 14.9 Å². The molecular weight excluding hydrogens is 308 g/mol. The highest BCUT2D eigenvalue weighted by atomic mass is 32.1. The Hall–Kier alpha value is -1.95. The quantitative estimate of drug-likeness (QED) is 0.868. The largest absolute Gasteiger partial charge is 0.353 e. The predicted octanol–water partition coefficient (Wildman–Crippen LogP) is 2.93. The van der Waals surface area contributed by atoms with Crippen molar-refractivity contribution < 1.29 is 4.79 Å². The van der Waals surface area contributed by atoms with Gasteiger partial charge in [0.15, 0.2) is 0 Å². The van der Waals surface area contributed by atoms with Crippen molar-refractivity contribution >= 4 is 23.1 Å². The van der Waals surface area contributed by atoms with Crippen molar-refractivity contribution in [1.29, 1.82) is 0 Å². The third-order valence-electron chi connectivity index (χ3n) is 4.02. The Bertz CT molecular complexity index is 689. The van der Waals surface area contributed by atoms with Crippen LogP contribution in [0.15, 0.2) is 24.4 Å². The zero-order valence-corrected chi connectivity index (χ0v) is 14.6. The first-order chi connectivity index (χ1) is 11.0. The van der Waals surface area contributed by atoms with E-state index in [4.69, 9.17) is 0 Å². The number of aryl methyl sites for hydroxylation is 1. The third-order valence-corrected chi connectivity index (χ3v) is 5.01. The van der Waals surface area contributed by atoms with Gasteiger partial charge in [-0.1, -0.05) is 13.8 Å². The zero-order valence-electron chi connectivity index (χ0n) is 13.8. The number of hydrogen-bond donors (Lipinski definition) is 0. The number of amides is 1. The minimum Gasteiger partial charge on any atom is -0.353 e. The van der Waals surface area contributed by atoms with Crippen LogP contribution < -0.4 is 4.90 Å². The van der Waals surface area contributed by atoms with Crippen LogP contribution in [-0.2, 0) is 0 Å². The number of carbonyl (C=O) groups excluding carboxylic acids is 1. The van der Waals surface area contributed by atoms with Crippen molar-refractivity contribution in [3.8, 4) is 0 Å². The van der Waals surface area contributed by atoms with E-state index in [9.17, 15) is 4.79 Å². The molecule has 1 saturated heterocycles. The topological polar surface area (TPSA) is 49.3 Å². The molecule has 23 heavy (non-hydrogen) atoms. The minimum atomic E-state index is 0.147. The zero-order chi connectivity index (χ0) is 16.4. The van der Waals surface area contributed by atoms with Gasteiger partial charge in [0.2, 0.25) is 0 Å². The number of nitrogens with zero attached hydrogens (tertiary/aromatic N) is 4. The summed E-state index contributed by atoms with van der Waals surface area (Å²) in [6.07, 6.45) is 1.82. The monoisotopic (exact) mass is 330 g/mol. The van der Waals surface area contributed by atoms with Crippen molar-refractivity contribution in [2.45, 2.75) is 26.7 Å². The lowest BCUT2D eigenvalue weighted by Crippen LogP contribution is -2.49. The van der Waals surface area contributed by atoms with Crippen LogP contribution in [0.1, 0.15) is 40.1 Å². The summed E-state index contributed by atoms with van der Waals surface area (Å²) in [5.74, 6) is 2.30. The molecule has 6 heteroatoms. The first-order valence-electron chi connectivity index (χ1n) is 7.98. The fourth-order valence-electron chi connectivity index (χ4n) is 2.66. The maximum absolute atomic E-state index is 12.5. The first kappa shape index (κ1) is 15.9. The molecule has 0 saturated carbocycles. The highest BCUT2D eigenvalue weighted by Crippen LogP contribution is 2.20. The Balaban J connectivity index is 1.64. The number of aromatic nitrogens is 2. The molecule has 1 aliphatic heterocycles. The Morgan fingerprint density at radius 3 is 2.52 bits per heavy atom. The van der Waals surface area contributed by atoms with Crippen LogP contribution in [0.5, 0.6) is 0 Å². The summed E-state index contributed by atoms with van der Waals surface area (Å²) in [4.78, 5) is 27.6. The van der Waals surface area contributed by atoms with Crippen LogP contribution >= 0.6 is 11.3 Å². The summed E-state index contributed by atoms with van der Waals surface area (Å²) in [5, 5.41) is 0. The van der Waals surface area contributed by atoms with E-state index in [2.05, 4.69) is 28.7 Å². The van der Waals surface area contributed by atoms with Gasteiger partial charge in [-0.05, 0) is 25.1 Å². The summed E-state index contributed by atoms with van der Waals surface area (Å²) in [7, 11) is 0. The van der Waals surface area contributed by atoms with Crippen molar-refractivity contribution in [2.24, 2.45) is 0 Å². The van der Waals surface area contributed by atoms with Crippen LogP contribution in [0, 0.1) is 6.92 Å². The van der Waals surface area contributed by atoms with E-state index in [1.807, 2.05) is 36.2 Å². The van der Waals surface area contributed by atoms with Crippen LogP contribution in [-0.4, -0.2) is 47.0 Å². The second kappa shape index (κ2) is 6.66. The normalized spacial score (nSPS) is 15.3. The highest BCUT2D eigenvalue weighted by Gasteiger charge is 2.24. The number of hydrogen-bond acceptors (Lipinski definition) is 5. The molecule has 1 amide bonds. The van der Waals surface area contributed by atoms with Gasteiger partial charge < -0.3 is 9.80 Å². The van der Waals surface area contributed by atoms with Gasteiger partial charge >= 0.3 is 0 Å². The summed E-state index contributed by atoms with van der Waals surface area (Å²) in [6, 6.07) is 5.88. The van der Waals surface area contributed by atoms with Crippen LogP contribution in [0.2, 0.25) is 0 Å². The molecule has 0 atom stereocenters. The second-order valence-electron chi connectivity index (χ2n) is 6.12. The van der Waals surface area contributed by atoms with E-state index in [0.29, 0.717) is 5.92 Å². The first-order valence-corrected chi connectivity index (χ1v) is 8.80. The predicted molar refractivity (Wildman–Crippen MR) is 93.3 cm³/mol. The van der Waals surface area contributed by atoms with E-state index in [1.165, 1.54) is 4.88 Å². The molecule has 0 spiro atoms. The summed E-state index contributed by atoms with van der Waals surface area (Å²) < 4.78 is 0. The molecule has 3 rings (SSSR count). The molecule has 0 unspecified atom stereocenters. The van der Waals surface area contributed by atoms with E-state index in [0.717, 1.165) is 42.7 Å². The summed E-state index contributed by atoms with van der Waals surface area (Å²) in [5.41, 5.74) is 0. The molecular formula is C17H22N4OS. The molecule has 0 aliphatic carbocycles.